The maximum Gasteiger partial charge on any atom is 0.221 e. The third-order valence-corrected chi connectivity index (χ3v) is 4.40. The molecule has 2 rings (SSSR count). The molecule has 1 aromatic heterocycles. The van der Waals surface area contributed by atoms with E-state index in [-0.39, 0.29) is 29.9 Å². The number of halogens is 1. The average molecular weight is 477 g/mol. The molecule has 1 aliphatic carbocycles. The minimum atomic E-state index is 0. The second-order valence-electron chi connectivity index (χ2n) is 6.52. The van der Waals surface area contributed by atoms with Crippen LogP contribution in [0.5, 0.6) is 0 Å². The summed E-state index contributed by atoms with van der Waals surface area (Å²) in [5, 5.41) is 9.48. The summed E-state index contributed by atoms with van der Waals surface area (Å²) in [6.45, 7) is 7.49. The van der Waals surface area contributed by atoms with Crippen LogP contribution in [0.1, 0.15) is 62.8 Å². The summed E-state index contributed by atoms with van der Waals surface area (Å²) in [6.07, 6.45) is 6.40. The Hall–Kier alpha value is -1.32. The van der Waals surface area contributed by atoms with Gasteiger partial charge in [-0.2, -0.15) is 0 Å². The number of nitrogens with zero attached hydrogens (tertiary/aromatic N) is 2. The minimum Gasteiger partial charge on any atom is -0.444 e. The minimum absolute atomic E-state index is 0. The number of carbonyl (C=O) groups is 1. The predicted octanol–water partition coefficient (Wildman–Crippen LogP) is 2.80. The second-order valence-corrected chi connectivity index (χ2v) is 6.52. The molecule has 1 heterocycles. The number of rotatable bonds is 7. The third kappa shape index (κ3) is 7.92. The molecule has 0 aromatic carbocycles. The van der Waals surface area contributed by atoms with Gasteiger partial charge in [-0.15, -0.1) is 24.0 Å². The quantitative estimate of drug-likeness (QED) is 0.319. The van der Waals surface area contributed by atoms with Crippen LogP contribution in [0.2, 0.25) is 0 Å². The maximum absolute atomic E-state index is 12.0. The molecule has 8 heteroatoms. The van der Waals surface area contributed by atoms with Gasteiger partial charge in [-0.1, -0.05) is 19.3 Å². The fourth-order valence-corrected chi connectivity index (χ4v) is 2.94. The van der Waals surface area contributed by atoms with Crippen LogP contribution in [0.3, 0.4) is 0 Å². The Balaban J connectivity index is 0.00000338. The van der Waals surface area contributed by atoms with Crippen LogP contribution in [-0.4, -0.2) is 36.0 Å². The monoisotopic (exact) mass is 477 g/mol. The first-order valence-corrected chi connectivity index (χ1v) is 9.33. The van der Waals surface area contributed by atoms with Gasteiger partial charge in [0.15, 0.2) is 5.96 Å². The van der Waals surface area contributed by atoms with E-state index in [9.17, 15) is 4.79 Å². The van der Waals surface area contributed by atoms with Gasteiger partial charge in [0.1, 0.15) is 12.3 Å². The summed E-state index contributed by atoms with van der Waals surface area (Å²) in [6, 6.07) is 0.361. The smallest absolute Gasteiger partial charge is 0.221 e. The van der Waals surface area contributed by atoms with Crippen LogP contribution in [0.25, 0.3) is 0 Å². The molecule has 0 bridgehead atoms. The van der Waals surface area contributed by atoms with E-state index in [0.29, 0.717) is 37.4 Å². The highest BCUT2D eigenvalue weighted by molar-refractivity contribution is 14.0. The molecule has 1 amide bonds. The van der Waals surface area contributed by atoms with Gasteiger partial charge in [0, 0.05) is 25.6 Å². The van der Waals surface area contributed by atoms with Gasteiger partial charge in [-0.05, 0) is 33.6 Å². The molecule has 1 aliphatic rings. The lowest BCUT2D eigenvalue weighted by atomic mass is 9.95. The lowest BCUT2D eigenvalue weighted by Crippen LogP contribution is -2.41. The van der Waals surface area contributed by atoms with Crippen LogP contribution >= 0.6 is 24.0 Å². The number of amides is 1. The summed E-state index contributed by atoms with van der Waals surface area (Å²) >= 11 is 0. The standard InChI is InChI=1S/C18H31N5O2.HI/c1-4-19-18(21-12-17-22-13(2)14(3)25-17)20-11-10-16(24)23-15-8-6-5-7-9-15;/h15H,4-12H2,1-3H3,(H,23,24)(H2,19,20,21);1H. The molecule has 7 nitrogen and oxygen atoms in total. The number of hydrogen-bond donors (Lipinski definition) is 3. The Morgan fingerprint density at radius 1 is 1.23 bits per heavy atom. The second kappa shape index (κ2) is 12.1. The molecule has 0 spiro atoms. The zero-order chi connectivity index (χ0) is 18.1. The highest BCUT2D eigenvalue weighted by atomic mass is 127. The van der Waals surface area contributed by atoms with Crippen molar-refractivity contribution in [3.8, 4) is 0 Å². The van der Waals surface area contributed by atoms with E-state index in [1.54, 1.807) is 0 Å². The van der Waals surface area contributed by atoms with Crippen molar-refractivity contribution in [1.82, 2.24) is 20.9 Å². The van der Waals surface area contributed by atoms with Crippen LogP contribution in [0.15, 0.2) is 9.41 Å². The Kier molecular flexibility index (Phi) is 10.6. The Labute approximate surface area is 173 Å². The molecule has 148 valence electrons. The summed E-state index contributed by atoms with van der Waals surface area (Å²) in [7, 11) is 0. The van der Waals surface area contributed by atoms with Crippen molar-refractivity contribution in [1.29, 1.82) is 0 Å². The van der Waals surface area contributed by atoms with Gasteiger partial charge < -0.3 is 20.4 Å². The first kappa shape index (κ1) is 22.7. The molecule has 26 heavy (non-hydrogen) atoms. The van der Waals surface area contributed by atoms with Crippen LogP contribution < -0.4 is 16.0 Å². The van der Waals surface area contributed by atoms with E-state index in [4.69, 9.17) is 4.42 Å². The molecule has 0 saturated heterocycles. The van der Waals surface area contributed by atoms with Crippen molar-refractivity contribution in [2.75, 3.05) is 13.1 Å². The highest BCUT2D eigenvalue weighted by Gasteiger charge is 2.15. The summed E-state index contributed by atoms with van der Waals surface area (Å²) in [5.41, 5.74) is 0.891. The van der Waals surface area contributed by atoms with E-state index in [2.05, 4.69) is 25.9 Å². The fourth-order valence-electron chi connectivity index (χ4n) is 2.94. The van der Waals surface area contributed by atoms with Gasteiger partial charge in [-0.3, -0.25) is 4.79 Å². The van der Waals surface area contributed by atoms with Crippen molar-refractivity contribution < 1.29 is 9.21 Å². The zero-order valence-corrected chi connectivity index (χ0v) is 18.4. The summed E-state index contributed by atoms with van der Waals surface area (Å²) in [4.78, 5) is 20.8. The molecular weight excluding hydrogens is 445 g/mol. The topological polar surface area (TPSA) is 91.6 Å². The van der Waals surface area contributed by atoms with Gasteiger partial charge >= 0.3 is 0 Å². The number of nitrogens with one attached hydrogen (secondary N) is 3. The Morgan fingerprint density at radius 2 is 1.96 bits per heavy atom. The first-order valence-electron chi connectivity index (χ1n) is 9.33. The fraction of sp³-hybridized carbons (Fsp3) is 0.722. The Bertz CT molecular complexity index is 563. The predicted molar refractivity (Wildman–Crippen MR) is 114 cm³/mol. The van der Waals surface area contributed by atoms with E-state index < -0.39 is 0 Å². The number of aryl methyl sites for hydroxylation is 2. The maximum atomic E-state index is 12.0. The molecular formula is C18H32IN5O2. The first-order chi connectivity index (χ1) is 12.1. The number of hydrogen-bond acceptors (Lipinski definition) is 4. The summed E-state index contributed by atoms with van der Waals surface area (Å²) in [5.74, 6) is 2.19. The van der Waals surface area contributed by atoms with E-state index in [1.807, 2.05) is 20.8 Å². The van der Waals surface area contributed by atoms with Crippen molar-refractivity contribution >= 4 is 35.8 Å². The number of aliphatic imine (C=N–C) groups is 1. The third-order valence-electron chi connectivity index (χ3n) is 4.40. The Morgan fingerprint density at radius 3 is 2.58 bits per heavy atom. The molecule has 1 fully saturated rings. The van der Waals surface area contributed by atoms with E-state index in [1.165, 1.54) is 19.3 Å². The summed E-state index contributed by atoms with van der Waals surface area (Å²) < 4.78 is 5.53. The number of carbonyl (C=O) groups excluding carboxylic acids is 1. The van der Waals surface area contributed by atoms with Crippen molar-refractivity contribution in [2.24, 2.45) is 4.99 Å². The van der Waals surface area contributed by atoms with Crippen molar-refractivity contribution in [3.05, 3.63) is 17.3 Å². The van der Waals surface area contributed by atoms with Gasteiger partial charge in [0.05, 0.1) is 5.69 Å². The molecule has 0 aliphatic heterocycles. The van der Waals surface area contributed by atoms with E-state index in [0.717, 1.165) is 30.8 Å². The van der Waals surface area contributed by atoms with Crippen molar-refractivity contribution in [2.45, 2.75) is 71.9 Å². The molecule has 1 saturated carbocycles. The molecule has 3 N–H and O–H groups in total. The molecule has 1 aromatic rings. The number of guanidine groups is 1. The van der Waals surface area contributed by atoms with Crippen LogP contribution in [0.4, 0.5) is 0 Å². The van der Waals surface area contributed by atoms with E-state index >= 15 is 0 Å². The largest absolute Gasteiger partial charge is 0.444 e. The lowest BCUT2D eigenvalue weighted by Gasteiger charge is -2.22. The molecule has 0 unspecified atom stereocenters. The molecule has 0 radical (unpaired) electrons. The van der Waals surface area contributed by atoms with Crippen LogP contribution in [0, 0.1) is 13.8 Å². The van der Waals surface area contributed by atoms with Gasteiger partial charge in [0.2, 0.25) is 11.8 Å². The SMILES string of the molecule is CCNC(=NCc1nc(C)c(C)o1)NCCC(=O)NC1CCCCC1.I. The highest BCUT2D eigenvalue weighted by Crippen LogP contribution is 2.17. The zero-order valence-electron chi connectivity index (χ0n) is 16.1. The molecule has 0 atom stereocenters. The van der Waals surface area contributed by atoms with Crippen LogP contribution in [-0.2, 0) is 11.3 Å². The lowest BCUT2D eigenvalue weighted by molar-refractivity contribution is -0.121. The van der Waals surface area contributed by atoms with Gasteiger partial charge in [0.25, 0.3) is 0 Å². The van der Waals surface area contributed by atoms with Crippen molar-refractivity contribution in [3.63, 3.8) is 0 Å². The van der Waals surface area contributed by atoms with Gasteiger partial charge in [-0.25, -0.2) is 9.98 Å². The average Bonchev–Trinajstić information content (AvgIpc) is 2.91. The normalized spacial score (nSPS) is 15.3. The number of aromatic nitrogens is 1. The number of oxazole rings is 1.